The van der Waals surface area contributed by atoms with Gasteiger partial charge >= 0.3 is 12.2 Å². The molecule has 2 fully saturated rings. The summed E-state index contributed by atoms with van der Waals surface area (Å²) >= 11 is 0. The van der Waals surface area contributed by atoms with E-state index in [0.717, 1.165) is 17.3 Å². The number of carbonyl (C=O) groups excluding carboxylic acids is 1. The molecule has 9 heteroatoms. The summed E-state index contributed by atoms with van der Waals surface area (Å²) in [6, 6.07) is 12.8. The lowest BCUT2D eigenvalue weighted by Gasteiger charge is -2.42. The van der Waals surface area contributed by atoms with Crippen LogP contribution in [0.5, 0.6) is 0 Å². The Bertz CT molecular complexity index is 1110. The van der Waals surface area contributed by atoms with Crippen LogP contribution in [0.2, 0.25) is 0 Å². The number of hydrogen-bond acceptors (Lipinski definition) is 4. The van der Waals surface area contributed by atoms with Crippen molar-refractivity contribution in [2.45, 2.75) is 19.5 Å². The largest absolute Gasteiger partial charge is 0.417 e. The minimum Gasteiger partial charge on any atom is -0.384 e. The number of ether oxygens (including phenoxy) is 1. The van der Waals surface area contributed by atoms with Crippen molar-refractivity contribution in [1.29, 1.82) is 5.26 Å². The molecule has 0 unspecified atom stereocenters. The van der Waals surface area contributed by atoms with Gasteiger partial charge in [0.25, 0.3) is 0 Å². The third-order valence-corrected chi connectivity index (χ3v) is 7.03. The van der Waals surface area contributed by atoms with Gasteiger partial charge in [0, 0.05) is 56.0 Å². The zero-order chi connectivity index (χ0) is 24.5. The lowest BCUT2D eigenvalue weighted by molar-refractivity contribution is -0.137. The van der Waals surface area contributed by atoms with Crippen molar-refractivity contribution in [2.24, 2.45) is 11.3 Å². The number of nitrogens with one attached hydrogen (secondary N) is 1. The van der Waals surface area contributed by atoms with Crippen LogP contribution in [0.4, 0.5) is 29.3 Å². The number of fused-ring (bicyclic) bond motifs is 1. The number of halogens is 3. The molecule has 0 bridgehead atoms. The fourth-order valence-corrected chi connectivity index (χ4v) is 5.16. The number of methoxy groups -OCH3 is 1. The number of nitriles is 1. The number of para-hydroxylation sites is 1. The molecule has 2 heterocycles. The predicted octanol–water partition coefficient (Wildman–Crippen LogP) is 4.89. The number of aryl methyl sites for hydroxylation is 1. The van der Waals surface area contributed by atoms with Gasteiger partial charge in [-0.05, 0) is 43.2 Å². The lowest BCUT2D eigenvalue weighted by Crippen LogP contribution is -2.51. The van der Waals surface area contributed by atoms with E-state index in [0.29, 0.717) is 44.9 Å². The average molecular weight is 473 g/mol. The highest BCUT2D eigenvalue weighted by Gasteiger charge is 2.50. The van der Waals surface area contributed by atoms with Crippen molar-refractivity contribution in [2.75, 3.05) is 50.1 Å². The molecule has 2 aromatic carbocycles. The van der Waals surface area contributed by atoms with Crippen molar-refractivity contribution in [1.82, 2.24) is 4.90 Å². The van der Waals surface area contributed by atoms with Crippen molar-refractivity contribution in [3.63, 3.8) is 0 Å². The smallest absolute Gasteiger partial charge is 0.384 e. The van der Waals surface area contributed by atoms with E-state index >= 15 is 0 Å². The summed E-state index contributed by atoms with van der Waals surface area (Å²) in [6.07, 6.45) is -3.92. The molecule has 0 aliphatic carbocycles. The fourth-order valence-electron chi connectivity index (χ4n) is 5.16. The lowest BCUT2D eigenvalue weighted by atomic mass is 9.73. The number of carbonyl (C=O) groups is 1. The molecule has 2 aromatic rings. The second-order valence-corrected chi connectivity index (χ2v) is 9.15. The number of rotatable bonds is 4. The Labute approximate surface area is 196 Å². The van der Waals surface area contributed by atoms with E-state index in [1.807, 2.05) is 36.1 Å². The zero-order valence-corrected chi connectivity index (χ0v) is 19.2. The summed E-state index contributed by atoms with van der Waals surface area (Å²) in [7, 11) is 1.62. The number of likely N-dealkylation sites (tertiary alicyclic amines) is 1. The van der Waals surface area contributed by atoms with Crippen molar-refractivity contribution in [3.05, 3.63) is 59.2 Å². The van der Waals surface area contributed by atoms with Crippen molar-refractivity contribution >= 4 is 17.4 Å². The first kappa shape index (κ1) is 23.9. The van der Waals surface area contributed by atoms with E-state index in [9.17, 15) is 18.0 Å². The van der Waals surface area contributed by atoms with Gasteiger partial charge in [0.15, 0.2) is 0 Å². The number of benzene rings is 2. The third kappa shape index (κ3) is 4.55. The molecular weight excluding hydrogens is 445 g/mol. The number of hydrogen-bond donors (Lipinski definition) is 1. The van der Waals surface area contributed by atoms with Crippen LogP contribution in [0.25, 0.3) is 0 Å². The molecule has 0 spiro atoms. The van der Waals surface area contributed by atoms with Gasteiger partial charge in [0.2, 0.25) is 0 Å². The summed E-state index contributed by atoms with van der Waals surface area (Å²) in [6.45, 7) is 4.44. The topological polar surface area (TPSA) is 68.6 Å². The fraction of sp³-hybridized carbons (Fsp3) is 0.440. The van der Waals surface area contributed by atoms with E-state index in [4.69, 9.17) is 10.00 Å². The van der Waals surface area contributed by atoms with Crippen LogP contribution in [0.1, 0.15) is 23.1 Å². The number of piperidine rings is 1. The number of alkyl halides is 3. The molecular formula is C25H27F3N4O2. The van der Waals surface area contributed by atoms with E-state index in [-0.39, 0.29) is 17.4 Å². The van der Waals surface area contributed by atoms with Gasteiger partial charge < -0.3 is 19.9 Å². The highest BCUT2D eigenvalue weighted by atomic mass is 19.4. The molecule has 4 rings (SSSR count). The molecule has 34 heavy (non-hydrogen) atoms. The Morgan fingerprint density at radius 3 is 2.71 bits per heavy atom. The van der Waals surface area contributed by atoms with Crippen LogP contribution in [0.3, 0.4) is 0 Å². The molecule has 180 valence electrons. The van der Waals surface area contributed by atoms with Crippen molar-refractivity contribution < 1.29 is 22.7 Å². The molecule has 2 amide bonds. The van der Waals surface area contributed by atoms with Crippen LogP contribution < -0.4 is 10.2 Å². The van der Waals surface area contributed by atoms with Gasteiger partial charge in [0.05, 0.1) is 23.8 Å². The van der Waals surface area contributed by atoms with Crippen LogP contribution in [0, 0.1) is 29.6 Å². The quantitative estimate of drug-likeness (QED) is 0.688. The van der Waals surface area contributed by atoms with Crippen molar-refractivity contribution in [3.8, 4) is 6.07 Å². The van der Waals surface area contributed by atoms with Crippen LogP contribution >= 0.6 is 0 Å². The maximum absolute atomic E-state index is 13.5. The number of anilines is 2. The molecule has 1 N–H and O–H groups in total. The van der Waals surface area contributed by atoms with Crippen LogP contribution in [-0.4, -0.2) is 50.8 Å². The highest BCUT2D eigenvalue weighted by Crippen LogP contribution is 2.45. The first-order valence-electron chi connectivity index (χ1n) is 11.1. The Morgan fingerprint density at radius 2 is 2.03 bits per heavy atom. The first-order chi connectivity index (χ1) is 16.2. The number of nitrogens with zero attached hydrogens (tertiary/aromatic N) is 3. The first-order valence-corrected chi connectivity index (χ1v) is 11.1. The Morgan fingerprint density at radius 1 is 1.26 bits per heavy atom. The van der Waals surface area contributed by atoms with Gasteiger partial charge in [0.1, 0.15) is 0 Å². The highest BCUT2D eigenvalue weighted by molar-refractivity contribution is 5.90. The predicted molar refractivity (Wildman–Crippen MR) is 123 cm³/mol. The van der Waals surface area contributed by atoms with E-state index in [1.165, 1.54) is 6.07 Å². The van der Waals surface area contributed by atoms with Crippen LogP contribution in [0.15, 0.2) is 42.5 Å². The SMILES string of the molecule is COC[C@@]12CCN(C(=O)Nc3ccccc3C)C[C@@H]1CN(c1ccc(C#N)c(C(F)(F)F)c1)C2. The molecule has 0 radical (unpaired) electrons. The maximum atomic E-state index is 13.5. The van der Waals surface area contributed by atoms with E-state index in [2.05, 4.69) is 5.32 Å². The molecule has 2 aliphatic heterocycles. The van der Waals surface area contributed by atoms with Crippen LogP contribution in [-0.2, 0) is 10.9 Å². The van der Waals surface area contributed by atoms with E-state index < -0.39 is 17.3 Å². The number of amides is 2. The second kappa shape index (κ2) is 9.18. The van der Waals surface area contributed by atoms with Gasteiger partial charge in [-0.1, -0.05) is 18.2 Å². The van der Waals surface area contributed by atoms with Gasteiger partial charge in [-0.25, -0.2) is 4.79 Å². The molecule has 6 nitrogen and oxygen atoms in total. The standard InChI is InChI=1S/C25H27F3N4O2/c1-17-5-3-4-6-22(17)30-23(33)31-10-9-24(16-34-2)15-32(14-19(24)13-31)20-8-7-18(12-29)21(11-20)25(26,27)28/h3-8,11,19H,9-10,13-16H2,1-2H3,(H,30,33)/t19-,24+/m1/s1. The normalized spacial score (nSPS) is 22.3. The number of urea groups is 1. The summed E-state index contributed by atoms with van der Waals surface area (Å²) in [4.78, 5) is 16.7. The Hall–Kier alpha value is -3.25. The Kier molecular flexibility index (Phi) is 6.45. The molecule has 2 aliphatic rings. The maximum Gasteiger partial charge on any atom is 0.417 e. The van der Waals surface area contributed by atoms with Gasteiger partial charge in [-0.3, -0.25) is 0 Å². The molecule has 0 saturated carbocycles. The monoisotopic (exact) mass is 472 g/mol. The van der Waals surface area contributed by atoms with Gasteiger partial charge in [-0.15, -0.1) is 0 Å². The summed E-state index contributed by atoms with van der Waals surface area (Å²) in [5, 5.41) is 12.1. The molecule has 2 atom stereocenters. The van der Waals surface area contributed by atoms with E-state index in [1.54, 1.807) is 24.1 Å². The Balaban J connectivity index is 1.54. The summed E-state index contributed by atoms with van der Waals surface area (Å²) in [5.41, 5.74) is 0.565. The minimum absolute atomic E-state index is 0.0359. The average Bonchev–Trinajstić information content (AvgIpc) is 3.18. The second-order valence-electron chi connectivity index (χ2n) is 9.15. The molecule has 0 aromatic heterocycles. The molecule has 2 saturated heterocycles. The summed E-state index contributed by atoms with van der Waals surface area (Å²) in [5.74, 6) is 0.0359. The summed E-state index contributed by atoms with van der Waals surface area (Å²) < 4.78 is 46.0. The zero-order valence-electron chi connectivity index (χ0n) is 19.2. The van der Waals surface area contributed by atoms with Gasteiger partial charge in [-0.2, -0.15) is 18.4 Å². The third-order valence-electron chi connectivity index (χ3n) is 7.03. The minimum atomic E-state index is -4.61.